The maximum absolute atomic E-state index is 12.8. The van der Waals surface area contributed by atoms with Crippen LogP contribution in [0.3, 0.4) is 0 Å². The molecule has 0 spiro atoms. The Kier molecular flexibility index (Phi) is 2.88. The lowest BCUT2D eigenvalue weighted by atomic mass is 10.2. The zero-order valence-electron chi connectivity index (χ0n) is 8.94. The molecule has 0 saturated carbocycles. The predicted molar refractivity (Wildman–Crippen MR) is 58.8 cm³/mol. The van der Waals surface area contributed by atoms with Crippen LogP contribution in [-0.4, -0.2) is 26.0 Å². The van der Waals surface area contributed by atoms with Crippen LogP contribution in [0, 0.1) is 12.7 Å². The smallest absolute Gasteiger partial charge is 0.154 e. The van der Waals surface area contributed by atoms with Gasteiger partial charge in [0.2, 0.25) is 0 Å². The van der Waals surface area contributed by atoms with Gasteiger partial charge < -0.3 is 4.74 Å². The Labute approximate surface area is 94.2 Å². The second-order valence-corrected chi connectivity index (χ2v) is 6.28. The van der Waals surface area contributed by atoms with Gasteiger partial charge in [-0.3, -0.25) is 0 Å². The summed E-state index contributed by atoms with van der Waals surface area (Å²) in [4.78, 5) is 0. The molecule has 1 atom stereocenters. The fourth-order valence-electron chi connectivity index (χ4n) is 1.78. The maximum atomic E-state index is 12.8. The first-order chi connectivity index (χ1) is 7.46. The average molecular weight is 244 g/mol. The molecule has 2 rings (SSSR count). The van der Waals surface area contributed by atoms with Gasteiger partial charge in [-0.05, 0) is 37.1 Å². The number of rotatable bonds is 2. The van der Waals surface area contributed by atoms with Gasteiger partial charge in [0.25, 0.3) is 0 Å². The third kappa shape index (κ3) is 2.52. The summed E-state index contributed by atoms with van der Waals surface area (Å²) in [6.07, 6.45) is 0.216. The van der Waals surface area contributed by atoms with Crippen molar-refractivity contribution in [1.29, 1.82) is 0 Å². The molecule has 0 aliphatic carbocycles. The van der Waals surface area contributed by atoms with Gasteiger partial charge in [-0.1, -0.05) is 0 Å². The average Bonchev–Trinajstić information content (AvgIpc) is 2.51. The molecule has 0 aromatic heterocycles. The fraction of sp³-hybridized carbons (Fsp3) is 0.455. The van der Waals surface area contributed by atoms with E-state index in [-0.39, 0.29) is 23.4 Å². The van der Waals surface area contributed by atoms with Crippen molar-refractivity contribution < 1.29 is 17.5 Å². The minimum Gasteiger partial charge on any atom is -0.489 e. The number of hydrogen-bond donors (Lipinski definition) is 0. The highest BCUT2D eigenvalue weighted by atomic mass is 32.2. The molecule has 88 valence electrons. The van der Waals surface area contributed by atoms with E-state index in [0.29, 0.717) is 17.7 Å². The second kappa shape index (κ2) is 4.05. The molecule has 0 radical (unpaired) electrons. The summed E-state index contributed by atoms with van der Waals surface area (Å²) < 4.78 is 40.8. The molecule has 1 aromatic carbocycles. The van der Waals surface area contributed by atoms with Gasteiger partial charge in [0, 0.05) is 0 Å². The van der Waals surface area contributed by atoms with E-state index in [1.54, 1.807) is 6.92 Å². The van der Waals surface area contributed by atoms with Gasteiger partial charge in [-0.15, -0.1) is 0 Å². The molecule has 5 heteroatoms. The monoisotopic (exact) mass is 244 g/mol. The second-order valence-electron chi connectivity index (χ2n) is 4.05. The molecule has 0 N–H and O–H groups in total. The van der Waals surface area contributed by atoms with Gasteiger partial charge >= 0.3 is 0 Å². The van der Waals surface area contributed by atoms with Crippen LogP contribution in [0.25, 0.3) is 0 Å². The number of aryl methyl sites for hydroxylation is 1. The Bertz CT molecular complexity index is 496. The summed E-state index contributed by atoms with van der Waals surface area (Å²) in [7, 11) is -2.94. The van der Waals surface area contributed by atoms with Gasteiger partial charge in [0.15, 0.2) is 9.84 Å². The minimum absolute atomic E-state index is 0.0593. The van der Waals surface area contributed by atoms with Crippen LogP contribution >= 0.6 is 0 Å². The molecule has 16 heavy (non-hydrogen) atoms. The zero-order chi connectivity index (χ0) is 11.8. The number of hydrogen-bond acceptors (Lipinski definition) is 3. The van der Waals surface area contributed by atoms with E-state index in [9.17, 15) is 12.8 Å². The summed E-state index contributed by atoms with van der Waals surface area (Å²) >= 11 is 0. The first kappa shape index (κ1) is 11.4. The molecular formula is C11H13FO3S. The topological polar surface area (TPSA) is 43.4 Å². The van der Waals surface area contributed by atoms with Crippen molar-refractivity contribution >= 4 is 9.84 Å². The Morgan fingerprint density at radius 3 is 2.75 bits per heavy atom. The lowest BCUT2D eigenvalue weighted by Gasteiger charge is -2.13. The number of halogens is 1. The van der Waals surface area contributed by atoms with Crippen molar-refractivity contribution in [1.82, 2.24) is 0 Å². The maximum Gasteiger partial charge on any atom is 0.154 e. The molecule has 1 fully saturated rings. The van der Waals surface area contributed by atoms with Crippen LogP contribution in [0.4, 0.5) is 4.39 Å². The van der Waals surface area contributed by atoms with E-state index in [1.165, 1.54) is 18.2 Å². The standard InChI is InChI=1S/C11H13FO3S/c1-8-6-9(12)2-3-11(8)15-10-4-5-16(13,14)7-10/h2-3,6,10H,4-5,7H2,1H3. The predicted octanol–water partition coefficient (Wildman–Crippen LogP) is 1.70. The molecule has 3 nitrogen and oxygen atoms in total. The SMILES string of the molecule is Cc1cc(F)ccc1OC1CCS(=O)(=O)C1. The van der Waals surface area contributed by atoms with Crippen LogP contribution in [-0.2, 0) is 9.84 Å². The van der Waals surface area contributed by atoms with E-state index in [4.69, 9.17) is 4.74 Å². The Balaban J connectivity index is 2.11. The molecular weight excluding hydrogens is 231 g/mol. The highest BCUT2D eigenvalue weighted by molar-refractivity contribution is 7.91. The van der Waals surface area contributed by atoms with Gasteiger partial charge in [0.1, 0.15) is 17.7 Å². The molecule has 1 heterocycles. The van der Waals surface area contributed by atoms with E-state index in [2.05, 4.69) is 0 Å². The highest BCUT2D eigenvalue weighted by Crippen LogP contribution is 2.23. The zero-order valence-corrected chi connectivity index (χ0v) is 9.76. The summed E-state index contributed by atoms with van der Waals surface area (Å²) in [6, 6.07) is 4.22. The minimum atomic E-state index is -2.94. The number of sulfone groups is 1. The van der Waals surface area contributed by atoms with Crippen molar-refractivity contribution in [2.45, 2.75) is 19.4 Å². The van der Waals surface area contributed by atoms with E-state index in [1.807, 2.05) is 0 Å². The van der Waals surface area contributed by atoms with Crippen molar-refractivity contribution in [3.05, 3.63) is 29.6 Å². The van der Waals surface area contributed by atoms with Crippen molar-refractivity contribution in [3.8, 4) is 5.75 Å². The lowest BCUT2D eigenvalue weighted by molar-refractivity contribution is 0.227. The van der Waals surface area contributed by atoms with Crippen LogP contribution in [0.2, 0.25) is 0 Å². The van der Waals surface area contributed by atoms with E-state index < -0.39 is 9.84 Å². The molecule has 1 aromatic rings. The normalized spacial score (nSPS) is 23.2. The summed E-state index contributed by atoms with van der Waals surface area (Å²) in [6.45, 7) is 1.74. The quantitative estimate of drug-likeness (QED) is 0.795. The van der Waals surface area contributed by atoms with Crippen molar-refractivity contribution in [2.24, 2.45) is 0 Å². The lowest BCUT2D eigenvalue weighted by Crippen LogP contribution is -2.18. The van der Waals surface area contributed by atoms with Gasteiger partial charge in [-0.25, -0.2) is 12.8 Å². The van der Waals surface area contributed by atoms with Crippen LogP contribution in [0.1, 0.15) is 12.0 Å². The molecule has 0 amide bonds. The van der Waals surface area contributed by atoms with Gasteiger partial charge in [-0.2, -0.15) is 0 Å². The summed E-state index contributed by atoms with van der Waals surface area (Å²) in [5.41, 5.74) is 0.685. The molecule has 1 unspecified atom stereocenters. The Hall–Kier alpha value is -1.10. The van der Waals surface area contributed by atoms with Crippen molar-refractivity contribution in [3.63, 3.8) is 0 Å². The first-order valence-corrected chi connectivity index (χ1v) is 6.92. The Morgan fingerprint density at radius 2 is 2.19 bits per heavy atom. The highest BCUT2D eigenvalue weighted by Gasteiger charge is 2.29. The number of benzene rings is 1. The molecule has 0 bridgehead atoms. The Morgan fingerprint density at radius 1 is 1.44 bits per heavy atom. The summed E-state index contributed by atoms with van der Waals surface area (Å²) in [5.74, 6) is 0.481. The summed E-state index contributed by atoms with van der Waals surface area (Å²) in [5, 5.41) is 0. The first-order valence-electron chi connectivity index (χ1n) is 5.09. The molecule has 1 saturated heterocycles. The number of ether oxygens (including phenoxy) is 1. The van der Waals surface area contributed by atoms with Crippen LogP contribution in [0.15, 0.2) is 18.2 Å². The van der Waals surface area contributed by atoms with Gasteiger partial charge in [0.05, 0.1) is 11.5 Å². The third-order valence-corrected chi connectivity index (χ3v) is 4.36. The largest absolute Gasteiger partial charge is 0.489 e. The molecule has 1 aliphatic rings. The molecule has 1 aliphatic heterocycles. The van der Waals surface area contributed by atoms with Crippen LogP contribution in [0.5, 0.6) is 5.75 Å². The van der Waals surface area contributed by atoms with E-state index in [0.717, 1.165) is 0 Å². The van der Waals surface area contributed by atoms with Crippen molar-refractivity contribution in [2.75, 3.05) is 11.5 Å². The van der Waals surface area contributed by atoms with Crippen LogP contribution < -0.4 is 4.74 Å². The fourth-order valence-corrected chi connectivity index (χ4v) is 3.37. The third-order valence-electron chi connectivity index (χ3n) is 2.62. The van der Waals surface area contributed by atoms with E-state index >= 15 is 0 Å².